The molecule has 0 bridgehead atoms. The molecule has 0 aromatic carbocycles. The number of carbonyl (C=O) groups is 1. The molecule has 0 fully saturated rings. The van der Waals surface area contributed by atoms with Crippen molar-refractivity contribution in [2.45, 2.75) is 12.8 Å². The summed E-state index contributed by atoms with van der Waals surface area (Å²) in [5, 5.41) is 2.77. The van der Waals surface area contributed by atoms with E-state index in [-0.39, 0.29) is 5.91 Å². The SMILES string of the molecule is CONCCCNC(=O)CCNOC. The van der Waals surface area contributed by atoms with E-state index in [2.05, 4.69) is 26.0 Å². The lowest BCUT2D eigenvalue weighted by Crippen LogP contribution is -2.29. The first-order chi connectivity index (χ1) is 6.81. The third-order valence-electron chi connectivity index (χ3n) is 1.52. The van der Waals surface area contributed by atoms with Crippen LogP contribution in [0.25, 0.3) is 0 Å². The van der Waals surface area contributed by atoms with Gasteiger partial charge in [0.15, 0.2) is 0 Å². The molecule has 0 radical (unpaired) electrons. The van der Waals surface area contributed by atoms with Crippen molar-refractivity contribution < 1.29 is 14.5 Å². The Morgan fingerprint density at radius 2 is 1.71 bits per heavy atom. The third-order valence-corrected chi connectivity index (χ3v) is 1.52. The lowest BCUT2D eigenvalue weighted by Gasteiger charge is -2.05. The van der Waals surface area contributed by atoms with Crippen LogP contribution in [0.15, 0.2) is 0 Å². The molecule has 0 aromatic heterocycles. The van der Waals surface area contributed by atoms with E-state index in [9.17, 15) is 4.79 Å². The van der Waals surface area contributed by atoms with E-state index in [4.69, 9.17) is 0 Å². The Hall–Kier alpha value is -0.690. The van der Waals surface area contributed by atoms with Crippen molar-refractivity contribution in [1.29, 1.82) is 0 Å². The number of amides is 1. The Balaban J connectivity index is 3.10. The molecule has 6 nitrogen and oxygen atoms in total. The van der Waals surface area contributed by atoms with Crippen LogP contribution in [0.3, 0.4) is 0 Å². The Morgan fingerprint density at radius 1 is 1.07 bits per heavy atom. The number of hydroxylamine groups is 2. The van der Waals surface area contributed by atoms with E-state index in [1.54, 1.807) is 7.11 Å². The molecule has 6 heteroatoms. The van der Waals surface area contributed by atoms with E-state index in [0.717, 1.165) is 13.0 Å². The summed E-state index contributed by atoms with van der Waals surface area (Å²) in [6.07, 6.45) is 1.27. The molecule has 0 atom stereocenters. The zero-order valence-electron chi connectivity index (χ0n) is 8.76. The Bertz CT molecular complexity index is 144. The first-order valence-electron chi connectivity index (χ1n) is 4.59. The second kappa shape index (κ2) is 10.4. The van der Waals surface area contributed by atoms with Crippen molar-refractivity contribution in [3.05, 3.63) is 0 Å². The fourth-order valence-electron chi connectivity index (χ4n) is 0.845. The number of hydrogen-bond donors (Lipinski definition) is 3. The highest BCUT2D eigenvalue weighted by Gasteiger charge is 1.98. The van der Waals surface area contributed by atoms with Crippen LogP contribution in [0.1, 0.15) is 12.8 Å². The van der Waals surface area contributed by atoms with E-state index < -0.39 is 0 Å². The van der Waals surface area contributed by atoms with Crippen LogP contribution in [0.4, 0.5) is 0 Å². The number of hydrogen-bond acceptors (Lipinski definition) is 5. The van der Waals surface area contributed by atoms with Crippen LogP contribution in [0.5, 0.6) is 0 Å². The van der Waals surface area contributed by atoms with Crippen molar-refractivity contribution in [1.82, 2.24) is 16.3 Å². The molecule has 0 aliphatic rings. The molecule has 0 aliphatic heterocycles. The Morgan fingerprint density at radius 3 is 2.36 bits per heavy atom. The maximum Gasteiger partial charge on any atom is 0.221 e. The predicted molar refractivity (Wildman–Crippen MR) is 52.3 cm³/mol. The molecule has 0 heterocycles. The summed E-state index contributed by atoms with van der Waals surface area (Å²) in [5.74, 6) is 0.0203. The number of carbonyl (C=O) groups excluding carboxylic acids is 1. The summed E-state index contributed by atoms with van der Waals surface area (Å²) >= 11 is 0. The maximum absolute atomic E-state index is 11.1. The molecule has 0 aromatic rings. The summed E-state index contributed by atoms with van der Waals surface area (Å²) < 4.78 is 0. The summed E-state index contributed by atoms with van der Waals surface area (Å²) in [5.41, 5.74) is 5.29. The second-order valence-corrected chi connectivity index (χ2v) is 2.65. The quantitative estimate of drug-likeness (QED) is 0.339. The van der Waals surface area contributed by atoms with Crippen molar-refractivity contribution in [3.8, 4) is 0 Å². The summed E-state index contributed by atoms with van der Waals surface area (Å²) in [6.45, 7) is 1.91. The van der Waals surface area contributed by atoms with Gasteiger partial charge in [-0.15, -0.1) is 0 Å². The van der Waals surface area contributed by atoms with Crippen molar-refractivity contribution in [2.24, 2.45) is 0 Å². The van der Waals surface area contributed by atoms with Gasteiger partial charge < -0.3 is 15.0 Å². The van der Waals surface area contributed by atoms with E-state index in [1.807, 2.05) is 0 Å². The number of nitrogens with one attached hydrogen (secondary N) is 3. The van der Waals surface area contributed by atoms with Gasteiger partial charge in [0.2, 0.25) is 5.91 Å². The molecule has 0 spiro atoms. The molecule has 0 rings (SSSR count). The Kier molecular flexibility index (Phi) is 9.88. The normalized spacial score (nSPS) is 10.1. The van der Waals surface area contributed by atoms with E-state index in [0.29, 0.717) is 19.5 Å². The summed E-state index contributed by atoms with van der Waals surface area (Å²) in [4.78, 5) is 20.3. The van der Waals surface area contributed by atoms with Crippen LogP contribution in [-0.4, -0.2) is 39.8 Å². The van der Waals surface area contributed by atoms with Crippen molar-refractivity contribution in [2.75, 3.05) is 33.9 Å². The predicted octanol–water partition coefficient (Wildman–Crippen LogP) is -0.815. The minimum Gasteiger partial charge on any atom is -0.356 e. The van der Waals surface area contributed by atoms with E-state index in [1.165, 1.54) is 7.11 Å². The summed E-state index contributed by atoms with van der Waals surface area (Å²) in [6, 6.07) is 0. The molecule has 3 N–H and O–H groups in total. The van der Waals surface area contributed by atoms with Crippen molar-refractivity contribution >= 4 is 5.91 Å². The van der Waals surface area contributed by atoms with Gasteiger partial charge in [0.25, 0.3) is 0 Å². The zero-order valence-corrected chi connectivity index (χ0v) is 8.76. The lowest BCUT2D eigenvalue weighted by molar-refractivity contribution is -0.121. The molecule has 0 unspecified atom stereocenters. The highest BCUT2D eigenvalue weighted by Crippen LogP contribution is 1.79. The molecular weight excluding hydrogens is 186 g/mol. The van der Waals surface area contributed by atoms with Gasteiger partial charge in [-0.1, -0.05) is 0 Å². The second-order valence-electron chi connectivity index (χ2n) is 2.65. The first-order valence-corrected chi connectivity index (χ1v) is 4.59. The van der Waals surface area contributed by atoms with Gasteiger partial charge in [-0.3, -0.25) is 4.79 Å². The maximum atomic E-state index is 11.1. The zero-order chi connectivity index (χ0) is 10.6. The van der Waals surface area contributed by atoms with Gasteiger partial charge in [-0.25, -0.2) is 11.0 Å². The van der Waals surface area contributed by atoms with E-state index >= 15 is 0 Å². The van der Waals surface area contributed by atoms with Crippen LogP contribution in [-0.2, 0) is 14.5 Å². The highest BCUT2D eigenvalue weighted by molar-refractivity contribution is 5.75. The van der Waals surface area contributed by atoms with Crippen LogP contribution in [0, 0.1) is 0 Å². The molecule has 84 valence electrons. The Labute approximate surface area is 84.2 Å². The van der Waals surface area contributed by atoms with Gasteiger partial charge in [0.05, 0.1) is 14.2 Å². The minimum atomic E-state index is 0.0203. The average Bonchev–Trinajstić information content (AvgIpc) is 2.18. The summed E-state index contributed by atoms with van der Waals surface area (Å²) in [7, 11) is 3.09. The molecule has 0 saturated heterocycles. The minimum absolute atomic E-state index is 0.0203. The fraction of sp³-hybridized carbons (Fsp3) is 0.875. The highest BCUT2D eigenvalue weighted by atomic mass is 16.6. The lowest BCUT2D eigenvalue weighted by atomic mass is 10.3. The number of rotatable bonds is 9. The monoisotopic (exact) mass is 205 g/mol. The largest absolute Gasteiger partial charge is 0.356 e. The van der Waals surface area contributed by atoms with Crippen molar-refractivity contribution in [3.63, 3.8) is 0 Å². The average molecular weight is 205 g/mol. The molecule has 0 saturated carbocycles. The fourth-order valence-corrected chi connectivity index (χ4v) is 0.845. The topological polar surface area (TPSA) is 71.6 Å². The van der Waals surface area contributed by atoms with Crippen LogP contribution >= 0.6 is 0 Å². The molecule has 1 amide bonds. The smallest absolute Gasteiger partial charge is 0.221 e. The van der Waals surface area contributed by atoms with Crippen LogP contribution in [0.2, 0.25) is 0 Å². The van der Waals surface area contributed by atoms with Crippen LogP contribution < -0.4 is 16.3 Å². The van der Waals surface area contributed by atoms with Gasteiger partial charge in [-0.2, -0.15) is 0 Å². The van der Waals surface area contributed by atoms with Gasteiger partial charge in [0.1, 0.15) is 0 Å². The molecule has 0 aliphatic carbocycles. The van der Waals surface area contributed by atoms with Gasteiger partial charge in [0, 0.05) is 26.1 Å². The van der Waals surface area contributed by atoms with Gasteiger partial charge in [-0.05, 0) is 6.42 Å². The third kappa shape index (κ3) is 9.40. The first kappa shape index (κ1) is 13.3. The molecular formula is C8H19N3O3. The molecule has 14 heavy (non-hydrogen) atoms. The van der Waals surface area contributed by atoms with Gasteiger partial charge >= 0.3 is 0 Å². The standard InChI is InChI=1S/C8H19N3O3/c1-13-10-6-3-5-9-8(12)4-7-11-14-2/h10-11H,3-7H2,1-2H3,(H,9,12).